The molecule has 0 saturated heterocycles. The van der Waals surface area contributed by atoms with E-state index in [-0.39, 0.29) is 36.7 Å². The van der Waals surface area contributed by atoms with Crippen molar-refractivity contribution < 1.29 is 0 Å². The number of guanidine groups is 2. The highest BCUT2D eigenvalue weighted by Gasteiger charge is 2.08. The second-order valence-electron chi connectivity index (χ2n) is 2.57. The summed E-state index contributed by atoms with van der Waals surface area (Å²) in [4.78, 5) is 5.45. The number of aliphatic imine (C=N–C) groups is 1. The fraction of sp³-hybridized carbons (Fsp3) is 0.429. The summed E-state index contributed by atoms with van der Waals surface area (Å²) in [6, 6.07) is 0. The summed E-state index contributed by atoms with van der Waals surface area (Å²) in [6.07, 6.45) is 5.03. The van der Waals surface area contributed by atoms with E-state index in [1.165, 1.54) is 0 Å². The van der Waals surface area contributed by atoms with Crippen LogP contribution in [0.2, 0.25) is 0 Å². The van der Waals surface area contributed by atoms with Gasteiger partial charge in [0, 0.05) is 13.1 Å². The van der Waals surface area contributed by atoms with Crippen LogP contribution in [0.25, 0.3) is 0 Å². The van der Waals surface area contributed by atoms with Crippen molar-refractivity contribution in [2.45, 2.75) is 6.42 Å². The van der Waals surface area contributed by atoms with Gasteiger partial charge in [-0.1, -0.05) is 12.2 Å². The third-order valence-electron chi connectivity index (χ3n) is 1.59. The Kier molecular flexibility index (Phi) is 8.28. The lowest BCUT2D eigenvalue weighted by molar-refractivity contribution is 0.446. The molecule has 0 atom stereocenters. The van der Waals surface area contributed by atoms with Crippen LogP contribution in [0.3, 0.4) is 0 Å². The molecular weight excluding hydrogens is 225 g/mol. The largest absolute Gasteiger partial charge is 0.370 e. The molecular formula is C7H15Cl2N5. The van der Waals surface area contributed by atoms with Crippen molar-refractivity contribution in [2.24, 2.45) is 16.5 Å². The van der Waals surface area contributed by atoms with Gasteiger partial charge in [-0.25, -0.2) is 0 Å². The number of rotatable bonds is 0. The molecule has 0 unspecified atom stereocenters. The lowest BCUT2D eigenvalue weighted by atomic mass is 10.3. The minimum atomic E-state index is -0.0606. The van der Waals surface area contributed by atoms with Gasteiger partial charge in [0.2, 0.25) is 5.96 Å². The molecule has 1 rings (SSSR count). The Hall–Kier alpha value is -0.940. The van der Waals surface area contributed by atoms with E-state index in [9.17, 15) is 0 Å². The fourth-order valence-corrected chi connectivity index (χ4v) is 1.03. The van der Waals surface area contributed by atoms with Gasteiger partial charge in [-0.3, -0.25) is 5.41 Å². The van der Waals surface area contributed by atoms with Crippen molar-refractivity contribution in [1.29, 1.82) is 5.41 Å². The molecule has 5 N–H and O–H groups in total. The number of hydrogen-bond donors (Lipinski definition) is 3. The zero-order valence-corrected chi connectivity index (χ0v) is 9.27. The quantitative estimate of drug-likeness (QED) is 0.323. The number of nitrogens with one attached hydrogen (secondary N) is 1. The van der Waals surface area contributed by atoms with E-state index < -0.39 is 0 Å². The Morgan fingerprint density at radius 1 is 1.29 bits per heavy atom. The maximum absolute atomic E-state index is 7.46. The van der Waals surface area contributed by atoms with Crippen LogP contribution in [0, 0.1) is 5.41 Å². The van der Waals surface area contributed by atoms with Crippen molar-refractivity contribution in [2.75, 3.05) is 13.1 Å². The molecule has 5 nitrogen and oxygen atoms in total. The van der Waals surface area contributed by atoms with Crippen LogP contribution in [-0.4, -0.2) is 29.9 Å². The molecule has 1 aliphatic rings. The van der Waals surface area contributed by atoms with Crippen molar-refractivity contribution >= 4 is 36.7 Å². The van der Waals surface area contributed by atoms with Gasteiger partial charge in [0.05, 0.1) is 0 Å². The van der Waals surface area contributed by atoms with Crippen LogP contribution in [0.1, 0.15) is 6.42 Å². The van der Waals surface area contributed by atoms with Gasteiger partial charge in [-0.2, -0.15) is 4.99 Å². The van der Waals surface area contributed by atoms with Gasteiger partial charge in [-0.15, -0.1) is 24.8 Å². The van der Waals surface area contributed by atoms with E-state index >= 15 is 0 Å². The van der Waals surface area contributed by atoms with Gasteiger partial charge < -0.3 is 16.4 Å². The van der Waals surface area contributed by atoms with Gasteiger partial charge >= 0.3 is 0 Å². The molecule has 0 aliphatic carbocycles. The normalized spacial score (nSPS) is 13.6. The highest BCUT2D eigenvalue weighted by Crippen LogP contribution is 2.01. The van der Waals surface area contributed by atoms with Crippen LogP contribution in [0.4, 0.5) is 0 Å². The van der Waals surface area contributed by atoms with Crippen molar-refractivity contribution in [3.05, 3.63) is 12.2 Å². The first-order valence-corrected chi connectivity index (χ1v) is 3.78. The molecule has 0 bridgehead atoms. The molecule has 0 aromatic carbocycles. The minimum absolute atomic E-state index is 0. The second kappa shape index (κ2) is 7.46. The summed E-state index contributed by atoms with van der Waals surface area (Å²) in [5.41, 5.74) is 10.3. The number of nitrogens with two attached hydrogens (primary N) is 2. The Labute approximate surface area is 95.6 Å². The molecule has 0 aromatic heterocycles. The molecule has 0 radical (unpaired) electrons. The van der Waals surface area contributed by atoms with Gasteiger partial charge in [0.1, 0.15) is 0 Å². The predicted molar refractivity (Wildman–Crippen MR) is 63.4 cm³/mol. The molecule has 0 aromatic rings. The average molecular weight is 240 g/mol. The minimum Gasteiger partial charge on any atom is -0.370 e. The van der Waals surface area contributed by atoms with Crippen molar-refractivity contribution in [3.63, 3.8) is 0 Å². The standard InChI is InChI=1S/C7H13N5.2ClH/c8-6(9)11-7(10)12-4-2-1-3-5-12;;/h1-2H,3-5H2,(H5,8,9,10,11);2*1H. The Bertz CT molecular complexity index is 234. The Balaban J connectivity index is 0. The highest BCUT2D eigenvalue weighted by molar-refractivity contribution is 5.91. The molecule has 0 spiro atoms. The molecule has 14 heavy (non-hydrogen) atoms. The van der Waals surface area contributed by atoms with E-state index in [4.69, 9.17) is 16.9 Å². The summed E-state index contributed by atoms with van der Waals surface area (Å²) in [7, 11) is 0. The lowest BCUT2D eigenvalue weighted by Crippen LogP contribution is -2.35. The third kappa shape index (κ3) is 4.94. The smallest absolute Gasteiger partial charge is 0.221 e. The van der Waals surface area contributed by atoms with Crippen LogP contribution < -0.4 is 11.5 Å². The maximum atomic E-state index is 7.46. The van der Waals surface area contributed by atoms with Crippen LogP contribution in [-0.2, 0) is 0 Å². The van der Waals surface area contributed by atoms with Gasteiger partial charge in [0.15, 0.2) is 5.96 Å². The lowest BCUT2D eigenvalue weighted by Gasteiger charge is -2.22. The Morgan fingerprint density at radius 3 is 2.36 bits per heavy atom. The van der Waals surface area contributed by atoms with Crippen LogP contribution in [0.5, 0.6) is 0 Å². The molecule has 7 heteroatoms. The zero-order chi connectivity index (χ0) is 8.97. The first-order valence-electron chi connectivity index (χ1n) is 3.78. The third-order valence-corrected chi connectivity index (χ3v) is 1.59. The average Bonchev–Trinajstić information content (AvgIpc) is 2.05. The zero-order valence-electron chi connectivity index (χ0n) is 7.64. The van der Waals surface area contributed by atoms with E-state index in [1.807, 2.05) is 6.08 Å². The Morgan fingerprint density at radius 2 is 1.93 bits per heavy atom. The summed E-state index contributed by atoms with van der Waals surface area (Å²) in [6.45, 7) is 1.53. The van der Waals surface area contributed by atoms with Gasteiger partial charge in [0.25, 0.3) is 0 Å². The first kappa shape index (κ1) is 15.5. The van der Waals surface area contributed by atoms with E-state index in [1.54, 1.807) is 4.90 Å². The number of halogens is 2. The molecule has 1 heterocycles. The highest BCUT2D eigenvalue weighted by atomic mass is 35.5. The monoisotopic (exact) mass is 239 g/mol. The van der Waals surface area contributed by atoms with Gasteiger partial charge in [-0.05, 0) is 6.42 Å². The first-order chi connectivity index (χ1) is 5.70. The summed E-state index contributed by atoms with van der Waals surface area (Å²) >= 11 is 0. The molecule has 82 valence electrons. The SMILES string of the molecule is Cl.Cl.N=C(N=C(N)N)N1CC=CCC1. The van der Waals surface area contributed by atoms with Crippen molar-refractivity contribution in [1.82, 2.24) is 4.90 Å². The topological polar surface area (TPSA) is 91.5 Å². The molecule has 0 amide bonds. The van der Waals surface area contributed by atoms with E-state index in [2.05, 4.69) is 11.1 Å². The molecule has 0 fully saturated rings. The van der Waals surface area contributed by atoms with E-state index in [0.717, 1.165) is 19.5 Å². The molecule has 1 aliphatic heterocycles. The maximum Gasteiger partial charge on any atom is 0.221 e. The summed E-state index contributed by atoms with van der Waals surface area (Å²) in [5.74, 6) is 0.0777. The van der Waals surface area contributed by atoms with Crippen molar-refractivity contribution in [3.8, 4) is 0 Å². The fourth-order valence-electron chi connectivity index (χ4n) is 1.03. The second-order valence-corrected chi connectivity index (χ2v) is 2.57. The number of hydrogen-bond acceptors (Lipinski definition) is 1. The van der Waals surface area contributed by atoms with Crippen LogP contribution in [0.15, 0.2) is 17.1 Å². The molecule has 0 saturated carbocycles. The van der Waals surface area contributed by atoms with Crippen LogP contribution >= 0.6 is 24.8 Å². The van der Waals surface area contributed by atoms with E-state index in [0.29, 0.717) is 0 Å². The number of nitrogens with zero attached hydrogens (tertiary/aromatic N) is 2. The summed E-state index contributed by atoms with van der Waals surface area (Å²) < 4.78 is 0. The predicted octanol–water partition coefficient (Wildman–Crippen LogP) is 0.300. The summed E-state index contributed by atoms with van der Waals surface area (Å²) in [5, 5.41) is 7.46.